The first-order valence-electron chi connectivity index (χ1n) is 9.89. The fraction of sp³-hybridized carbons (Fsp3) is 0.789. The van der Waals surface area contributed by atoms with Crippen LogP contribution in [0.5, 0.6) is 0 Å². The molecular weight excluding hydrogens is 334 g/mol. The highest BCUT2D eigenvalue weighted by Crippen LogP contribution is 2.26. The number of halogens is 1. The van der Waals surface area contributed by atoms with Crippen LogP contribution in [0.4, 0.5) is 5.95 Å². The quantitative estimate of drug-likeness (QED) is 0.751. The maximum Gasteiger partial charge on any atom is 0.225 e. The molecule has 138 valence electrons. The number of piperazine rings is 1. The molecular formula is C19H30ClN5. The predicted molar refractivity (Wildman–Crippen MR) is 102 cm³/mol. The van der Waals surface area contributed by atoms with Gasteiger partial charge >= 0.3 is 0 Å². The maximum absolute atomic E-state index is 6.09. The van der Waals surface area contributed by atoms with Gasteiger partial charge in [-0.15, -0.1) is 11.6 Å². The van der Waals surface area contributed by atoms with Crippen molar-refractivity contribution in [3.05, 3.63) is 17.5 Å². The van der Waals surface area contributed by atoms with Crippen LogP contribution in [0.15, 0.2) is 6.20 Å². The lowest BCUT2D eigenvalue weighted by atomic mass is 9.91. The molecule has 1 aliphatic carbocycles. The Hall–Kier alpha value is -0.910. The first-order valence-corrected chi connectivity index (χ1v) is 10.3. The van der Waals surface area contributed by atoms with Crippen molar-refractivity contribution in [3.63, 3.8) is 0 Å². The number of aromatic nitrogens is 2. The Bertz CT molecular complexity index is 581. The Morgan fingerprint density at radius 1 is 1.20 bits per heavy atom. The Morgan fingerprint density at radius 2 is 2.00 bits per heavy atom. The van der Waals surface area contributed by atoms with Crippen LogP contribution in [-0.4, -0.2) is 70.5 Å². The second kappa shape index (κ2) is 7.77. The summed E-state index contributed by atoms with van der Waals surface area (Å²) in [7, 11) is 0. The van der Waals surface area contributed by atoms with Gasteiger partial charge in [-0.2, -0.15) is 0 Å². The monoisotopic (exact) mass is 363 g/mol. The number of anilines is 1. The lowest BCUT2D eigenvalue weighted by Gasteiger charge is -2.43. The summed E-state index contributed by atoms with van der Waals surface area (Å²) in [6.07, 6.45) is 8.35. The van der Waals surface area contributed by atoms with Crippen LogP contribution < -0.4 is 4.90 Å². The number of fused-ring (bicyclic) bond motifs is 1. The first kappa shape index (κ1) is 17.5. The Morgan fingerprint density at radius 3 is 2.68 bits per heavy atom. The van der Waals surface area contributed by atoms with Gasteiger partial charge in [-0.3, -0.25) is 9.80 Å². The smallest absolute Gasteiger partial charge is 0.225 e. The molecule has 6 heteroatoms. The molecule has 3 aliphatic rings. The zero-order valence-corrected chi connectivity index (χ0v) is 16.1. The zero-order chi connectivity index (χ0) is 17.2. The van der Waals surface area contributed by atoms with Crippen LogP contribution in [-0.2, 0) is 13.0 Å². The molecule has 1 saturated carbocycles. The average Bonchev–Trinajstić information content (AvgIpc) is 2.58. The summed E-state index contributed by atoms with van der Waals surface area (Å²) in [5.41, 5.74) is 2.55. The standard InChI is InChI=1S/C19H30ClN5/c1-15(20)5-7-23-8-6-18-16(14-23)13-21-19(22-18)25-11-9-24(10-12-25)17-3-2-4-17/h13,15,17H,2-12,14H2,1H3. The second-order valence-corrected chi connectivity index (χ2v) is 8.59. The predicted octanol–water partition coefficient (Wildman–Crippen LogP) is 2.53. The zero-order valence-electron chi connectivity index (χ0n) is 15.3. The van der Waals surface area contributed by atoms with Gasteiger partial charge < -0.3 is 4.90 Å². The Labute approximate surface area is 156 Å². The van der Waals surface area contributed by atoms with Gasteiger partial charge in [0, 0.05) is 68.9 Å². The third-order valence-electron chi connectivity index (χ3n) is 6.03. The molecule has 1 aromatic rings. The molecule has 3 heterocycles. The van der Waals surface area contributed by atoms with Gasteiger partial charge in [0.25, 0.3) is 0 Å². The molecule has 2 fully saturated rings. The average molecular weight is 364 g/mol. The SMILES string of the molecule is CC(Cl)CCN1CCc2nc(N3CCN(C4CCC4)CC3)ncc2C1. The number of hydrogen-bond donors (Lipinski definition) is 0. The lowest BCUT2D eigenvalue weighted by molar-refractivity contribution is 0.120. The van der Waals surface area contributed by atoms with E-state index in [0.29, 0.717) is 0 Å². The van der Waals surface area contributed by atoms with Crippen molar-refractivity contribution in [2.45, 2.75) is 57.0 Å². The van der Waals surface area contributed by atoms with E-state index in [0.717, 1.165) is 70.6 Å². The highest BCUT2D eigenvalue weighted by Gasteiger charge is 2.29. The molecule has 0 bridgehead atoms. The number of hydrogen-bond acceptors (Lipinski definition) is 5. The molecule has 1 saturated heterocycles. The molecule has 1 unspecified atom stereocenters. The molecule has 5 nitrogen and oxygen atoms in total. The summed E-state index contributed by atoms with van der Waals surface area (Å²) < 4.78 is 0. The number of rotatable bonds is 5. The van der Waals surface area contributed by atoms with E-state index in [1.165, 1.54) is 30.5 Å². The van der Waals surface area contributed by atoms with E-state index in [4.69, 9.17) is 21.6 Å². The van der Waals surface area contributed by atoms with Crippen molar-refractivity contribution >= 4 is 17.5 Å². The summed E-state index contributed by atoms with van der Waals surface area (Å²) in [5.74, 6) is 0.940. The van der Waals surface area contributed by atoms with Gasteiger partial charge in [0.05, 0.1) is 5.69 Å². The van der Waals surface area contributed by atoms with E-state index in [2.05, 4.69) is 27.8 Å². The molecule has 1 aromatic heterocycles. The topological polar surface area (TPSA) is 35.5 Å². The molecule has 4 rings (SSSR count). The van der Waals surface area contributed by atoms with Crippen LogP contribution in [0.25, 0.3) is 0 Å². The van der Waals surface area contributed by atoms with Crippen molar-refractivity contribution in [1.29, 1.82) is 0 Å². The van der Waals surface area contributed by atoms with Crippen molar-refractivity contribution < 1.29 is 0 Å². The molecule has 0 radical (unpaired) electrons. The van der Waals surface area contributed by atoms with Crippen molar-refractivity contribution in [3.8, 4) is 0 Å². The van der Waals surface area contributed by atoms with Gasteiger partial charge in [-0.25, -0.2) is 9.97 Å². The third kappa shape index (κ3) is 4.09. The maximum atomic E-state index is 6.09. The van der Waals surface area contributed by atoms with Crippen LogP contribution in [0.1, 0.15) is 43.9 Å². The Balaban J connectivity index is 1.34. The molecule has 0 spiro atoms. The molecule has 0 N–H and O–H groups in total. The van der Waals surface area contributed by atoms with E-state index < -0.39 is 0 Å². The molecule has 2 aliphatic heterocycles. The largest absolute Gasteiger partial charge is 0.338 e. The summed E-state index contributed by atoms with van der Waals surface area (Å²) in [6, 6.07) is 0.855. The van der Waals surface area contributed by atoms with Crippen molar-refractivity contribution in [2.24, 2.45) is 0 Å². The van der Waals surface area contributed by atoms with Gasteiger partial charge in [0.1, 0.15) is 0 Å². The molecule has 0 amide bonds. The first-order chi connectivity index (χ1) is 12.2. The number of nitrogens with zero attached hydrogens (tertiary/aromatic N) is 5. The van der Waals surface area contributed by atoms with Gasteiger partial charge in [0.2, 0.25) is 5.95 Å². The molecule has 25 heavy (non-hydrogen) atoms. The number of alkyl halides is 1. The minimum Gasteiger partial charge on any atom is -0.338 e. The van der Waals surface area contributed by atoms with E-state index in [1.807, 2.05) is 0 Å². The fourth-order valence-corrected chi connectivity index (χ4v) is 4.20. The van der Waals surface area contributed by atoms with Gasteiger partial charge in [-0.05, 0) is 32.7 Å². The highest BCUT2D eigenvalue weighted by atomic mass is 35.5. The highest BCUT2D eigenvalue weighted by molar-refractivity contribution is 6.20. The van der Waals surface area contributed by atoms with Crippen molar-refractivity contribution in [2.75, 3.05) is 44.2 Å². The van der Waals surface area contributed by atoms with Gasteiger partial charge in [0.15, 0.2) is 0 Å². The second-order valence-electron chi connectivity index (χ2n) is 7.85. The van der Waals surface area contributed by atoms with E-state index in [9.17, 15) is 0 Å². The van der Waals surface area contributed by atoms with E-state index >= 15 is 0 Å². The van der Waals surface area contributed by atoms with Crippen LogP contribution in [0.3, 0.4) is 0 Å². The fourth-order valence-electron chi connectivity index (χ4n) is 4.11. The minimum atomic E-state index is 0.249. The summed E-state index contributed by atoms with van der Waals surface area (Å²) >= 11 is 6.09. The summed E-state index contributed by atoms with van der Waals surface area (Å²) in [6.45, 7) is 9.64. The molecule has 0 aromatic carbocycles. The summed E-state index contributed by atoms with van der Waals surface area (Å²) in [5, 5.41) is 0.249. The Kier molecular flexibility index (Phi) is 5.44. The van der Waals surface area contributed by atoms with E-state index in [-0.39, 0.29) is 5.38 Å². The third-order valence-corrected chi connectivity index (χ3v) is 6.25. The lowest BCUT2D eigenvalue weighted by Crippen LogP contribution is -2.52. The van der Waals surface area contributed by atoms with Crippen LogP contribution in [0.2, 0.25) is 0 Å². The van der Waals surface area contributed by atoms with Crippen LogP contribution in [0, 0.1) is 0 Å². The van der Waals surface area contributed by atoms with Crippen molar-refractivity contribution in [1.82, 2.24) is 19.8 Å². The minimum absolute atomic E-state index is 0.249. The van der Waals surface area contributed by atoms with Crippen LogP contribution >= 0.6 is 11.6 Å². The molecule has 1 atom stereocenters. The normalized spacial score (nSPS) is 24.0. The van der Waals surface area contributed by atoms with E-state index in [1.54, 1.807) is 0 Å². The summed E-state index contributed by atoms with van der Waals surface area (Å²) in [4.78, 5) is 17.1. The van der Waals surface area contributed by atoms with Gasteiger partial charge in [-0.1, -0.05) is 6.42 Å².